The fourth-order valence-corrected chi connectivity index (χ4v) is 3.98. The molecule has 33 heavy (non-hydrogen) atoms. The normalized spacial score (nSPS) is 12.2. The average Bonchev–Trinajstić information content (AvgIpc) is 2.79. The lowest BCUT2D eigenvalue weighted by atomic mass is 10.2. The van der Waals surface area contributed by atoms with Crippen molar-refractivity contribution in [1.82, 2.24) is 9.66 Å². The summed E-state index contributed by atoms with van der Waals surface area (Å²) < 4.78 is 18.5. The number of carbonyl (C=O) groups excluding carboxylic acids is 1. The number of methoxy groups -OCH3 is 1. The highest BCUT2D eigenvalue weighted by atomic mass is 79.9. The van der Waals surface area contributed by atoms with Gasteiger partial charge in [-0.05, 0) is 61.0 Å². The van der Waals surface area contributed by atoms with Gasteiger partial charge in [-0.25, -0.2) is 9.78 Å². The lowest BCUT2D eigenvalue weighted by Gasteiger charge is -2.18. The maximum Gasteiger partial charge on any atom is 0.346 e. The number of nitrogens with zero attached hydrogens (tertiary/aromatic N) is 3. The third kappa shape index (κ3) is 5.39. The Kier molecular flexibility index (Phi) is 8.14. The van der Waals surface area contributed by atoms with Gasteiger partial charge in [0, 0.05) is 14.5 Å². The molecule has 0 spiro atoms. The molecular formula is C22H20Br2ClN3O5. The zero-order chi connectivity index (χ0) is 24.3. The number of aromatic nitrogens is 2. The summed E-state index contributed by atoms with van der Waals surface area (Å²) in [5, 5.41) is 4.95. The molecule has 1 heterocycles. The van der Waals surface area contributed by atoms with Crippen molar-refractivity contribution in [1.29, 1.82) is 0 Å². The van der Waals surface area contributed by atoms with Gasteiger partial charge in [-0.2, -0.15) is 9.78 Å². The summed E-state index contributed by atoms with van der Waals surface area (Å²) in [5.74, 6) is 0.365. The van der Waals surface area contributed by atoms with Crippen molar-refractivity contribution < 1.29 is 19.0 Å². The predicted octanol–water partition coefficient (Wildman–Crippen LogP) is 5.10. The Morgan fingerprint density at radius 2 is 2.06 bits per heavy atom. The Hall–Kier alpha value is -2.43. The van der Waals surface area contributed by atoms with Gasteiger partial charge in [0.15, 0.2) is 17.6 Å². The molecule has 11 heteroatoms. The maximum atomic E-state index is 13.0. The minimum Gasteiger partial charge on any atom is -0.490 e. The fraction of sp³-hybridized carbons (Fsp3) is 0.273. The molecule has 0 fully saturated rings. The van der Waals surface area contributed by atoms with Crippen LogP contribution in [0.3, 0.4) is 0 Å². The molecule has 0 saturated heterocycles. The van der Waals surface area contributed by atoms with E-state index in [0.717, 1.165) is 4.47 Å². The minimum absolute atomic E-state index is 0.183. The Balaban J connectivity index is 2.07. The molecule has 0 saturated carbocycles. The minimum atomic E-state index is -0.901. The molecule has 0 unspecified atom stereocenters. The molecule has 0 aliphatic heterocycles. The average molecular weight is 602 g/mol. The van der Waals surface area contributed by atoms with Crippen molar-refractivity contribution in [3.05, 3.63) is 60.0 Å². The third-order valence-corrected chi connectivity index (χ3v) is 6.50. The predicted molar refractivity (Wildman–Crippen MR) is 134 cm³/mol. The quantitative estimate of drug-likeness (QED) is 0.276. The Morgan fingerprint density at radius 1 is 1.33 bits per heavy atom. The van der Waals surface area contributed by atoms with Gasteiger partial charge in [0.05, 0.1) is 30.8 Å². The van der Waals surface area contributed by atoms with E-state index < -0.39 is 12.1 Å². The number of carbonyl (C=O) groups is 1. The van der Waals surface area contributed by atoms with Crippen LogP contribution in [0.4, 0.5) is 0 Å². The largest absolute Gasteiger partial charge is 0.490 e. The second-order valence-electron chi connectivity index (χ2n) is 6.82. The summed E-state index contributed by atoms with van der Waals surface area (Å²) in [7, 11) is 1.27. The smallest absolute Gasteiger partial charge is 0.346 e. The lowest BCUT2D eigenvalue weighted by Crippen LogP contribution is -2.25. The van der Waals surface area contributed by atoms with Crippen molar-refractivity contribution in [2.24, 2.45) is 5.10 Å². The first-order valence-electron chi connectivity index (χ1n) is 9.80. The number of hydrogen-bond donors (Lipinski definition) is 0. The molecule has 1 atom stereocenters. The Morgan fingerprint density at radius 3 is 2.73 bits per heavy atom. The van der Waals surface area contributed by atoms with Crippen LogP contribution in [0.1, 0.15) is 25.2 Å². The van der Waals surface area contributed by atoms with E-state index in [0.29, 0.717) is 39.1 Å². The molecule has 174 valence electrons. The van der Waals surface area contributed by atoms with Crippen molar-refractivity contribution in [3.8, 4) is 11.5 Å². The van der Waals surface area contributed by atoms with Gasteiger partial charge >= 0.3 is 5.97 Å². The number of hydrogen-bond acceptors (Lipinski definition) is 7. The summed E-state index contributed by atoms with van der Waals surface area (Å²) in [6, 6.07) is 6.93. The van der Waals surface area contributed by atoms with Gasteiger partial charge in [-0.3, -0.25) is 4.79 Å². The zero-order valence-electron chi connectivity index (χ0n) is 18.2. The highest BCUT2D eigenvalue weighted by molar-refractivity contribution is 9.10. The number of esters is 1. The maximum absolute atomic E-state index is 13.0. The van der Waals surface area contributed by atoms with E-state index in [4.69, 9.17) is 25.8 Å². The van der Waals surface area contributed by atoms with Gasteiger partial charge in [0.25, 0.3) is 5.56 Å². The zero-order valence-corrected chi connectivity index (χ0v) is 22.1. The van der Waals surface area contributed by atoms with Crippen LogP contribution in [0.15, 0.2) is 43.1 Å². The third-order valence-electron chi connectivity index (χ3n) is 4.57. The molecule has 2 aromatic carbocycles. The van der Waals surface area contributed by atoms with Crippen molar-refractivity contribution >= 4 is 66.5 Å². The molecule has 0 bridgehead atoms. The monoisotopic (exact) mass is 599 g/mol. The van der Waals surface area contributed by atoms with E-state index in [2.05, 4.69) is 41.9 Å². The van der Waals surface area contributed by atoms with Crippen LogP contribution in [0.5, 0.6) is 11.5 Å². The summed E-state index contributed by atoms with van der Waals surface area (Å²) in [4.78, 5) is 29.2. The van der Waals surface area contributed by atoms with Crippen LogP contribution in [0, 0.1) is 6.92 Å². The number of aryl methyl sites for hydroxylation is 1. The van der Waals surface area contributed by atoms with Gasteiger partial charge in [0.2, 0.25) is 0 Å². The first-order chi connectivity index (χ1) is 15.7. The van der Waals surface area contributed by atoms with Crippen molar-refractivity contribution in [2.45, 2.75) is 26.9 Å². The molecular weight excluding hydrogens is 582 g/mol. The van der Waals surface area contributed by atoms with E-state index in [1.54, 1.807) is 39.0 Å². The first kappa shape index (κ1) is 25.2. The van der Waals surface area contributed by atoms with E-state index >= 15 is 0 Å². The van der Waals surface area contributed by atoms with Crippen LogP contribution in [0.2, 0.25) is 5.02 Å². The molecule has 3 aromatic rings. The molecule has 0 aliphatic carbocycles. The van der Waals surface area contributed by atoms with Gasteiger partial charge in [0.1, 0.15) is 10.8 Å². The molecule has 0 N–H and O–H groups in total. The molecule has 8 nitrogen and oxygen atoms in total. The summed E-state index contributed by atoms with van der Waals surface area (Å²) in [6.45, 7) is 5.37. The standard InChI is InChI=1S/C22H20Br2ClN3O5/c1-5-32-17-8-13(18(24)19(25)20(17)33-11(2)22(30)31-4)10-26-28-12(3)27-16-7-6-14(23)9-15(16)21(28)29/h6-11H,5H2,1-4H3/t11-/m0/s1. The van der Waals surface area contributed by atoms with Gasteiger partial charge in [-0.15, -0.1) is 0 Å². The lowest BCUT2D eigenvalue weighted by molar-refractivity contribution is -0.147. The van der Waals surface area contributed by atoms with Crippen LogP contribution in [-0.2, 0) is 9.53 Å². The fourth-order valence-electron chi connectivity index (χ4n) is 2.98. The summed E-state index contributed by atoms with van der Waals surface area (Å²) in [6.07, 6.45) is 0.564. The van der Waals surface area contributed by atoms with Gasteiger partial charge in [-0.1, -0.05) is 27.5 Å². The van der Waals surface area contributed by atoms with Crippen LogP contribution >= 0.6 is 43.5 Å². The second-order valence-corrected chi connectivity index (χ2v) is 8.91. The number of benzene rings is 2. The van der Waals surface area contributed by atoms with E-state index in [9.17, 15) is 9.59 Å². The Labute approximate surface area is 211 Å². The highest BCUT2D eigenvalue weighted by Gasteiger charge is 2.23. The van der Waals surface area contributed by atoms with Crippen molar-refractivity contribution in [2.75, 3.05) is 13.7 Å². The number of rotatable bonds is 7. The molecule has 0 aliphatic rings. The second kappa shape index (κ2) is 10.7. The van der Waals surface area contributed by atoms with E-state index in [1.807, 2.05) is 6.07 Å². The topological polar surface area (TPSA) is 92.0 Å². The Bertz CT molecular complexity index is 1310. The molecule has 0 amide bonds. The van der Waals surface area contributed by atoms with Crippen molar-refractivity contribution in [3.63, 3.8) is 0 Å². The molecule has 1 aromatic heterocycles. The molecule has 3 rings (SSSR count). The highest BCUT2D eigenvalue weighted by Crippen LogP contribution is 2.42. The number of halogens is 3. The number of ether oxygens (including phenoxy) is 3. The SMILES string of the molecule is CCOc1cc(C=Nn2c(C)nc3ccc(Br)cc3c2=O)c(Br)c(Cl)c1O[C@@H](C)C(=O)OC. The molecule has 0 radical (unpaired) electrons. The van der Waals surface area contributed by atoms with Crippen LogP contribution < -0.4 is 15.0 Å². The van der Waals surface area contributed by atoms with E-state index in [1.165, 1.54) is 18.0 Å². The summed E-state index contributed by atoms with van der Waals surface area (Å²) >= 11 is 13.3. The number of fused-ring (bicyclic) bond motifs is 1. The first-order valence-corrected chi connectivity index (χ1v) is 11.8. The summed E-state index contributed by atoms with van der Waals surface area (Å²) in [5.41, 5.74) is 0.799. The van der Waals surface area contributed by atoms with E-state index in [-0.39, 0.29) is 16.3 Å². The van der Waals surface area contributed by atoms with Gasteiger partial charge < -0.3 is 14.2 Å². The van der Waals surface area contributed by atoms with Crippen LogP contribution in [-0.4, -0.2) is 41.7 Å². The van der Waals surface area contributed by atoms with Crippen LogP contribution in [0.25, 0.3) is 10.9 Å².